The van der Waals surface area contributed by atoms with E-state index in [1.165, 1.54) is 37.1 Å². The Kier molecular flexibility index (Phi) is 4.05. The number of aromatic carboxylic acids is 1. The smallest absolute Gasteiger partial charge is 0.365 e. The third-order valence-corrected chi connectivity index (χ3v) is 5.43. The lowest BCUT2D eigenvalue weighted by Crippen LogP contribution is -2.52. The number of nitrogens with zero attached hydrogens (tertiary/aromatic N) is 3. The second-order valence-corrected chi connectivity index (χ2v) is 6.78. The Balaban J connectivity index is 1.60. The summed E-state index contributed by atoms with van der Waals surface area (Å²) in [7, 11) is 2.24. The average molecular weight is 295 g/mol. The van der Waals surface area contributed by atoms with Crippen molar-refractivity contribution in [2.24, 2.45) is 5.92 Å². The van der Waals surface area contributed by atoms with E-state index in [1.54, 1.807) is 0 Å². The summed E-state index contributed by atoms with van der Waals surface area (Å²) in [4.78, 5) is 20.0. The SMILES string of the molecule is CN1CCCC2CN(Cc3csc(C(=O)O)n3)CCC21. The summed E-state index contributed by atoms with van der Waals surface area (Å²) in [6.45, 7) is 4.23. The number of fused-ring (bicyclic) bond motifs is 1. The maximum Gasteiger partial charge on any atom is 0.365 e. The van der Waals surface area contributed by atoms with Crippen molar-refractivity contribution in [1.29, 1.82) is 0 Å². The summed E-state index contributed by atoms with van der Waals surface area (Å²) in [5, 5.41) is 11.0. The Morgan fingerprint density at radius 2 is 2.35 bits per heavy atom. The maximum absolute atomic E-state index is 10.9. The van der Waals surface area contributed by atoms with Crippen molar-refractivity contribution in [2.45, 2.75) is 31.8 Å². The Hall–Kier alpha value is -0.980. The molecule has 2 fully saturated rings. The van der Waals surface area contributed by atoms with Gasteiger partial charge in [0.25, 0.3) is 0 Å². The highest BCUT2D eigenvalue weighted by Gasteiger charge is 2.34. The number of carbonyl (C=O) groups is 1. The number of piperidine rings is 2. The van der Waals surface area contributed by atoms with Gasteiger partial charge in [-0.05, 0) is 38.8 Å². The van der Waals surface area contributed by atoms with E-state index in [-0.39, 0.29) is 5.01 Å². The van der Waals surface area contributed by atoms with Crippen LogP contribution in [0.4, 0.5) is 0 Å². The van der Waals surface area contributed by atoms with Crippen molar-refractivity contribution >= 4 is 17.3 Å². The Labute approximate surface area is 123 Å². The monoisotopic (exact) mass is 295 g/mol. The van der Waals surface area contributed by atoms with E-state index in [1.807, 2.05) is 5.38 Å². The zero-order valence-corrected chi connectivity index (χ0v) is 12.6. The van der Waals surface area contributed by atoms with Gasteiger partial charge in [0.05, 0.1) is 5.69 Å². The number of carboxylic acid groups (broad SMARTS) is 1. The van der Waals surface area contributed by atoms with Crippen LogP contribution in [0, 0.1) is 5.92 Å². The van der Waals surface area contributed by atoms with Crippen LogP contribution in [0.1, 0.15) is 34.8 Å². The molecule has 2 aliphatic heterocycles. The molecule has 6 heteroatoms. The fourth-order valence-electron chi connectivity index (χ4n) is 3.58. The number of rotatable bonds is 3. The van der Waals surface area contributed by atoms with Gasteiger partial charge in [-0.2, -0.15) is 0 Å². The van der Waals surface area contributed by atoms with E-state index in [4.69, 9.17) is 5.11 Å². The van der Waals surface area contributed by atoms with Crippen LogP contribution < -0.4 is 0 Å². The van der Waals surface area contributed by atoms with E-state index in [2.05, 4.69) is 21.8 Å². The summed E-state index contributed by atoms with van der Waals surface area (Å²) >= 11 is 1.22. The van der Waals surface area contributed by atoms with Crippen molar-refractivity contribution in [3.63, 3.8) is 0 Å². The summed E-state index contributed by atoms with van der Waals surface area (Å²) in [5.74, 6) is -0.158. The molecule has 1 aromatic rings. The van der Waals surface area contributed by atoms with E-state index < -0.39 is 5.97 Å². The molecule has 0 amide bonds. The van der Waals surface area contributed by atoms with Crippen LogP contribution in [-0.2, 0) is 6.54 Å². The largest absolute Gasteiger partial charge is 0.476 e. The molecule has 2 saturated heterocycles. The van der Waals surface area contributed by atoms with Crippen LogP contribution in [0.2, 0.25) is 0 Å². The summed E-state index contributed by atoms with van der Waals surface area (Å²) in [6.07, 6.45) is 3.84. The van der Waals surface area contributed by atoms with Gasteiger partial charge in [0.2, 0.25) is 5.01 Å². The quantitative estimate of drug-likeness (QED) is 0.921. The predicted octanol–water partition coefficient (Wildman–Crippen LogP) is 1.76. The number of likely N-dealkylation sites (tertiary alicyclic amines) is 2. The van der Waals surface area contributed by atoms with Gasteiger partial charge < -0.3 is 10.0 Å². The molecule has 110 valence electrons. The molecular formula is C14H21N3O2S. The minimum absolute atomic E-state index is 0.201. The minimum atomic E-state index is -0.922. The first-order chi connectivity index (χ1) is 9.63. The molecule has 0 spiro atoms. The molecule has 0 aliphatic carbocycles. The molecule has 0 saturated carbocycles. The van der Waals surface area contributed by atoms with Gasteiger partial charge in [-0.15, -0.1) is 11.3 Å². The lowest BCUT2D eigenvalue weighted by atomic mass is 9.84. The van der Waals surface area contributed by atoms with E-state index >= 15 is 0 Å². The highest BCUT2D eigenvalue weighted by Crippen LogP contribution is 2.30. The molecule has 0 bridgehead atoms. The number of hydrogen-bond acceptors (Lipinski definition) is 5. The van der Waals surface area contributed by atoms with Crippen LogP contribution in [0.5, 0.6) is 0 Å². The third kappa shape index (κ3) is 2.87. The fraction of sp³-hybridized carbons (Fsp3) is 0.714. The van der Waals surface area contributed by atoms with Crippen LogP contribution in [0.25, 0.3) is 0 Å². The second-order valence-electron chi connectivity index (χ2n) is 5.92. The summed E-state index contributed by atoms with van der Waals surface area (Å²) < 4.78 is 0. The molecule has 0 radical (unpaired) electrons. The molecule has 1 N–H and O–H groups in total. The summed E-state index contributed by atoms with van der Waals surface area (Å²) in [5.41, 5.74) is 0.898. The minimum Gasteiger partial charge on any atom is -0.476 e. The molecule has 1 aromatic heterocycles. The number of hydrogen-bond donors (Lipinski definition) is 1. The molecule has 2 unspecified atom stereocenters. The first-order valence-electron chi connectivity index (χ1n) is 7.24. The van der Waals surface area contributed by atoms with Crippen molar-refractivity contribution in [3.05, 3.63) is 16.1 Å². The number of aromatic nitrogens is 1. The fourth-order valence-corrected chi connectivity index (χ4v) is 4.22. The van der Waals surface area contributed by atoms with Gasteiger partial charge in [0.1, 0.15) is 0 Å². The van der Waals surface area contributed by atoms with Gasteiger partial charge in [-0.25, -0.2) is 9.78 Å². The zero-order valence-electron chi connectivity index (χ0n) is 11.8. The van der Waals surface area contributed by atoms with Crippen LogP contribution >= 0.6 is 11.3 Å². The normalized spacial score (nSPS) is 28.2. The zero-order chi connectivity index (χ0) is 14.1. The van der Waals surface area contributed by atoms with E-state index in [0.717, 1.165) is 37.3 Å². The maximum atomic E-state index is 10.9. The van der Waals surface area contributed by atoms with Crippen LogP contribution in [0.15, 0.2) is 5.38 Å². The molecule has 20 heavy (non-hydrogen) atoms. The van der Waals surface area contributed by atoms with Crippen molar-refractivity contribution in [1.82, 2.24) is 14.8 Å². The molecule has 5 nitrogen and oxygen atoms in total. The molecule has 0 aromatic carbocycles. The van der Waals surface area contributed by atoms with Gasteiger partial charge in [0.15, 0.2) is 0 Å². The predicted molar refractivity (Wildman–Crippen MR) is 78.1 cm³/mol. The average Bonchev–Trinajstić information content (AvgIpc) is 2.88. The molecule has 3 heterocycles. The second kappa shape index (κ2) is 5.79. The Bertz CT molecular complexity index is 491. The van der Waals surface area contributed by atoms with Gasteiger partial charge in [-0.1, -0.05) is 0 Å². The molecule has 2 atom stereocenters. The van der Waals surface area contributed by atoms with Crippen molar-refractivity contribution in [3.8, 4) is 0 Å². The first-order valence-corrected chi connectivity index (χ1v) is 8.12. The highest BCUT2D eigenvalue weighted by atomic mass is 32.1. The van der Waals surface area contributed by atoms with Crippen molar-refractivity contribution in [2.75, 3.05) is 26.7 Å². The van der Waals surface area contributed by atoms with Crippen LogP contribution in [0.3, 0.4) is 0 Å². The third-order valence-electron chi connectivity index (χ3n) is 4.55. The van der Waals surface area contributed by atoms with Crippen molar-refractivity contribution < 1.29 is 9.90 Å². The molecular weight excluding hydrogens is 274 g/mol. The summed E-state index contributed by atoms with van der Waals surface area (Å²) in [6, 6.07) is 0.741. The van der Waals surface area contributed by atoms with Gasteiger partial charge in [0, 0.05) is 31.1 Å². The number of carboxylic acids is 1. The Morgan fingerprint density at radius 3 is 3.10 bits per heavy atom. The standard InChI is InChI=1S/C14H21N3O2S/c1-16-5-2-3-10-7-17(6-4-12(10)16)8-11-9-20-13(15-11)14(18)19/h9-10,12H,2-8H2,1H3,(H,18,19). The Morgan fingerprint density at radius 1 is 1.50 bits per heavy atom. The number of thiazole rings is 1. The molecule has 3 rings (SSSR count). The lowest BCUT2D eigenvalue weighted by Gasteiger charge is -2.45. The topological polar surface area (TPSA) is 56.7 Å². The van der Waals surface area contributed by atoms with Gasteiger partial charge in [-0.3, -0.25) is 4.90 Å². The highest BCUT2D eigenvalue weighted by molar-refractivity contribution is 7.11. The van der Waals surface area contributed by atoms with E-state index in [9.17, 15) is 4.79 Å². The van der Waals surface area contributed by atoms with E-state index in [0.29, 0.717) is 0 Å². The molecule has 2 aliphatic rings. The first kappa shape index (κ1) is 14.0. The lowest BCUT2D eigenvalue weighted by molar-refractivity contribution is 0.0350. The van der Waals surface area contributed by atoms with Crippen LogP contribution in [-0.4, -0.2) is 58.6 Å². The van der Waals surface area contributed by atoms with Gasteiger partial charge >= 0.3 is 5.97 Å².